The molecule has 0 bridgehead atoms. The van der Waals surface area contributed by atoms with E-state index in [9.17, 15) is 9.59 Å². The number of rotatable bonds is 5. The van der Waals surface area contributed by atoms with Crippen LogP contribution in [-0.2, 0) is 9.59 Å². The van der Waals surface area contributed by atoms with E-state index in [4.69, 9.17) is 5.73 Å². The summed E-state index contributed by atoms with van der Waals surface area (Å²) in [5, 5.41) is 7.14. The summed E-state index contributed by atoms with van der Waals surface area (Å²) < 4.78 is 0. The number of hydrogen-bond acceptors (Lipinski definition) is 4. The number of nitrogens with one attached hydrogen (secondary N) is 2. The van der Waals surface area contributed by atoms with E-state index >= 15 is 0 Å². The standard InChI is InChI=1S/C10H15N3O2S.ClH/c1-7(8-3-2-4-16-8)13-10(15)6-12-9(14)5-11;/h2-4,7H,5-6,11H2,1H3,(H,12,14)(H,13,15);1H. The molecule has 1 rings (SSSR count). The lowest BCUT2D eigenvalue weighted by Crippen LogP contribution is -2.40. The van der Waals surface area contributed by atoms with E-state index in [0.717, 1.165) is 4.88 Å². The molecule has 1 aromatic heterocycles. The van der Waals surface area contributed by atoms with Gasteiger partial charge in [0.15, 0.2) is 0 Å². The fraction of sp³-hybridized carbons (Fsp3) is 0.400. The Balaban J connectivity index is 0.00000256. The number of hydrogen-bond donors (Lipinski definition) is 3. The van der Waals surface area contributed by atoms with Gasteiger partial charge in [0.2, 0.25) is 11.8 Å². The van der Waals surface area contributed by atoms with Gasteiger partial charge in [0.1, 0.15) is 0 Å². The highest BCUT2D eigenvalue weighted by Crippen LogP contribution is 2.17. The summed E-state index contributed by atoms with van der Waals surface area (Å²) >= 11 is 1.58. The molecule has 0 aliphatic carbocycles. The average molecular weight is 278 g/mol. The molecule has 1 aromatic rings. The minimum atomic E-state index is -0.334. The normalized spacial score (nSPS) is 11.2. The predicted octanol–water partition coefficient (Wildman–Crippen LogP) is 0.422. The Morgan fingerprint density at radius 3 is 2.71 bits per heavy atom. The van der Waals surface area contributed by atoms with Gasteiger partial charge < -0.3 is 16.4 Å². The molecule has 2 amide bonds. The Kier molecular flexibility index (Phi) is 7.53. The Labute approximate surface area is 110 Å². The molecule has 5 nitrogen and oxygen atoms in total. The van der Waals surface area contributed by atoms with E-state index in [1.165, 1.54) is 0 Å². The molecule has 0 aromatic carbocycles. The molecule has 0 radical (unpaired) electrons. The third-order valence-corrected chi connectivity index (χ3v) is 3.03. The smallest absolute Gasteiger partial charge is 0.239 e. The highest BCUT2D eigenvalue weighted by Gasteiger charge is 2.10. The van der Waals surface area contributed by atoms with Crippen molar-refractivity contribution in [3.63, 3.8) is 0 Å². The zero-order chi connectivity index (χ0) is 12.0. The minimum absolute atomic E-state index is 0. The molecule has 4 N–H and O–H groups in total. The zero-order valence-electron chi connectivity index (χ0n) is 9.43. The van der Waals surface area contributed by atoms with Crippen molar-refractivity contribution in [1.29, 1.82) is 0 Å². The maximum Gasteiger partial charge on any atom is 0.239 e. The number of nitrogens with two attached hydrogens (primary N) is 1. The minimum Gasteiger partial charge on any atom is -0.347 e. The first-order valence-corrected chi connectivity index (χ1v) is 5.81. The molecule has 1 unspecified atom stereocenters. The predicted molar refractivity (Wildman–Crippen MR) is 70.2 cm³/mol. The van der Waals surface area contributed by atoms with Crippen molar-refractivity contribution in [3.8, 4) is 0 Å². The summed E-state index contributed by atoms with van der Waals surface area (Å²) in [5.74, 6) is -0.554. The average Bonchev–Trinajstić information content (AvgIpc) is 2.79. The number of carbonyl (C=O) groups is 2. The van der Waals surface area contributed by atoms with Gasteiger partial charge in [-0.25, -0.2) is 0 Å². The third-order valence-electron chi connectivity index (χ3n) is 1.98. The molecular weight excluding hydrogens is 262 g/mol. The van der Waals surface area contributed by atoms with Crippen LogP contribution in [0.15, 0.2) is 17.5 Å². The molecule has 1 heterocycles. The van der Waals surface area contributed by atoms with Crippen LogP contribution in [0.5, 0.6) is 0 Å². The molecule has 0 spiro atoms. The van der Waals surface area contributed by atoms with Crippen molar-refractivity contribution in [2.45, 2.75) is 13.0 Å². The van der Waals surface area contributed by atoms with E-state index in [0.29, 0.717) is 0 Å². The SMILES string of the molecule is CC(NC(=O)CNC(=O)CN)c1cccs1.Cl. The van der Waals surface area contributed by atoms with Gasteiger partial charge in [0.25, 0.3) is 0 Å². The monoisotopic (exact) mass is 277 g/mol. The second-order valence-electron chi connectivity index (χ2n) is 3.29. The fourth-order valence-corrected chi connectivity index (χ4v) is 1.89. The van der Waals surface area contributed by atoms with Crippen molar-refractivity contribution >= 4 is 35.6 Å². The van der Waals surface area contributed by atoms with Crippen LogP contribution in [0.3, 0.4) is 0 Å². The molecule has 1 atom stereocenters. The summed E-state index contributed by atoms with van der Waals surface area (Å²) in [6, 6.07) is 3.84. The van der Waals surface area contributed by atoms with Gasteiger partial charge in [0, 0.05) is 4.88 Å². The topological polar surface area (TPSA) is 84.2 Å². The lowest BCUT2D eigenvalue weighted by molar-refractivity contribution is -0.125. The van der Waals surface area contributed by atoms with Gasteiger partial charge in [-0.3, -0.25) is 9.59 Å². The number of amides is 2. The summed E-state index contributed by atoms with van der Waals surface area (Å²) in [6.45, 7) is 1.76. The molecule has 0 fully saturated rings. The summed E-state index contributed by atoms with van der Waals surface area (Å²) in [4.78, 5) is 23.3. The molecular formula is C10H16ClN3O2S. The van der Waals surface area contributed by atoms with Gasteiger partial charge in [-0.2, -0.15) is 0 Å². The molecule has 7 heteroatoms. The molecule has 0 aliphatic rings. The highest BCUT2D eigenvalue weighted by atomic mass is 35.5. The second-order valence-corrected chi connectivity index (χ2v) is 4.26. The second kappa shape index (κ2) is 8.05. The van der Waals surface area contributed by atoms with Crippen molar-refractivity contribution in [2.24, 2.45) is 5.73 Å². The molecule has 0 saturated carbocycles. The molecule has 17 heavy (non-hydrogen) atoms. The van der Waals surface area contributed by atoms with Gasteiger partial charge in [0.05, 0.1) is 19.1 Å². The first kappa shape index (κ1) is 15.9. The van der Waals surface area contributed by atoms with E-state index < -0.39 is 0 Å². The highest BCUT2D eigenvalue weighted by molar-refractivity contribution is 7.10. The van der Waals surface area contributed by atoms with E-state index in [-0.39, 0.29) is 43.4 Å². The van der Waals surface area contributed by atoms with Gasteiger partial charge in [-0.1, -0.05) is 6.07 Å². The van der Waals surface area contributed by atoms with Gasteiger partial charge >= 0.3 is 0 Å². The fourth-order valence-electron chi connectivity index (χ4n) is 1.15. The van der Waals surface area contributed by atoms with Crippen molar-refractivity contribution < 1.29 is 9.59 Å². The van der Waals surface area contributed by atoms with Crippen LogP contribution >= 0.6 is 23.7 Å². The Hall–Kier alpha value is -1.11. The lowest BCUT2D eigenvalue weighted by Gasteiger charge is -2.12. The first-order valence-electron chi connectivity index (χ1n) is 4.93. The summed E-state index contributed by atoms with van der Waals surface area (Å²) in [5.41, 5.74) is 5.09. The van der Waals surface area contributed by atoms with Crippen LogP contribution in [0.25, 0.3) is 0 Å². The Bertz CT molecular complexity index is 356. The third kappa shape index (κ3) is 5.67. The molecule has 0 aliphatic heterocycles. The van der Waals surface area contributed by atoms with Crippen molar-refractivity contribution in [3.05, 3.63) is 22.4 Å². The van der Waals surface area contributed by atoms with Crippen LogP contribution < -0.4 is 16.4 Å². The van der Waals surface area contributed by atoms with E-state index in [1.807, 2.05) is 24.4 Å². The lowest BCUT2D eigenvalue weighted by atomic mass is 10.3. The molecule has 96 valence electrons. The summed E-state index contributed by atoms with van der Waals surface area (Å²) in [6.07, 6.45) is 0. The van der Waals surface area contributed by atoms with Crippen molar-refractivity contribution in [2.75, 3.05) is 13.1 Å². The van der Waals surface area contributed by atoms with Crippen LogP contribution in [0.2, 0.25) is 0 Å². The van der Waals surface area contributed by atoms with Gasteiger partial charge in [-0.05, 0) is 18.4 Å². The number of thiophene rings is 1. The van der Waals surface area contributed by atoms with Crippen LogP contribution in [0, 0.1) is 0 Å². The van der Waals surface area contributed by atoms with Crippen LogP contribution in [0.1, 0.15) is 17.8 Å². The van der Waals surface area contributed by atoms with E-state index in [2.05, 4.69) is 10.6 Å². The van der Waals surface area contributed by atoms with Crippen LogP contribution in [0.4, 0.5) is 0 Å². The number of carbonyl (C=O) groups excluding carboxylic acids is 2. The maximum atomic E-state index is 11.4. The Morgan fingerprint density at radius 2 is 2.18 bits per heavy atom. The Morgan fingerprint density at radius 1 is 1.47 bits per heavy atom. The zero-order valence-corrected chi connectivity index (χ0v) is 11.1. The van der Waals surface area contributed by atoms with Crippen molar-refractivity contribution in [1.82, 2.24) is 10.6 Å². The van der Waals surface area contributed by atoms with Crippen LogP contribution in [-0.4, -0.2) is 24.9 Å². The largest absolute Gasteiger partial charge is 0.347 e. The first-order chi connectivity index (χ1) is 7.63. The van der Waals surface area contributed by atoms with Gasteiger partial charge in [-0.15, -0.1) is 23.7 Å². The molecule has 0 saturated heterocycles. The van der Waals surface area contributed by atoms with E-state index in [1.54, 1.807) is 11.3 Å². The number of halogens is 1. The summed E-state index contributed by atoms with van der Waals surface area (Å²) in [7, 11) is 0. The maximum absolute atomic E-state index is 11.4. The quantitative estimate of drug-likeness (QED) is 0.729.